The first-order chi connectivity index (χ1) is 12.7. The second-order valence-corrected chi connectivity index (χ2v) is 7.93. The average molecular weight is 369 g/mol. The lowest BCUT2D eigenvalue weighted by molar-refractivity contribution is -0.150. The Labute approximate surface area is 158 Å². The van der Waals surface area contributed by atoms with Crippen LogP contribution >= 0.6 is 0 Å². The number of amides is 1. The number of hydrogen-bond donors (Lipinski definition) is 0. The number of rotatable bonds is 5. The third kappa shape index (κ3) is 4.54. The Hall–Kier alpha value is -2.69. The van der Waals surface area contributed by atoms with Gasteiger partial charge in [0, 0.05) is 12.0 Å². The van der Waals surface area contributed by atoms with Gasteiger partial charge in [-0.1, -0.05) is 51.1 Å². The molecular weight excluding hydrogens is 345 g/mol. The highest BCUT2D eigenvalue weighted by Crippen LogP contribution is 2.33. The summed E-state index contributed by atoms with van der Waals surface area (Å²) in [6.45, 7) is 6.70. The molecule has 4 nitrogen and oxygen atoms in total. The SMILES string of the molecule is CC(C)(C)c1cc(F)ccc1OC1CN(C(=O)C(=O)Cc2ccccc2)C1. The summed E-state index contributed by atoms with van der Waals surface area (Å²) < 4.78 is 19.6. The van der Waals surface area contributed by atoms with Crippen molar-refractivity contribution in [1.29, 1.82) is 0 Å². The molecule has 5 heteroatoms. The van der Waals surface area contributed by atoms with Gasteiger partial charge in [0.1, 0.15) is 17.7 Å². The maximum Gasteiger partial charge on any atom is 0.290 e. The van der Waals surface area contributed by atoms with Crippen LogP contribution in [0, 0.1) is 5.82 Å². The zero-order valence-electron chi connectivity index (χ0n) is 15.9. The molecule has 0 unspecified atom stereocenters. The van der Waals surface area contributed by atoms with Crippen molar-refractivity contribution in [2.24, 2.45) is 0 Å². The van der Waals surface area contributed by atoms with E-state index in [1.165, 1.54) is 17.0 Å². The van der Waals surface area contributed by atoms with Crippen molar-refractivity contribution in [3.05, 3.63) is 65.5 Å². The van der Waals surface area contributed by atoms with Gasteiger partial charge in [0.15, 0.2) is 0 Å². The Bertz CT molecular complexity index is 836. The molecule has 0 aromatic heterocycles. The van der Waals surface area contributed by atoms with Crippen LogP contribution in [0.3, 0.4) is 0 Å². The molecule has 1 aliphatic rings. The largest absolute Gasteiger partial charge is 0.486 e. The van der Waals surface area contributed by atoms with E-state index in [4.69, 9.17) is 4.74 Å². The van der Waals surface area contributed by atoms with Gasteiger partial charge in [0.2, 0.25) is 5.78 Å². The van der Waals surface area contributed by atoms with Gasteiger partial charge in [0.05, 0.1) is 13.1 Å². The molecule has 0 saturated carbocycles. The number of hydrogen-bond acceptors (Lipinski definition) is 3. The minimum atomic E-state index is -0.478. The molecular formula is C22H24FNO3. The first-order valence-electron chi connectivity index (χ1n) is 9.07. The molecule has 1 fully saturated rings. The molecule has 27 heavy (non-hydrogen) atoms. The van der Waals surface area contributed by atoms with Crippen LogP contribution in [-0.2, 0) is 21.4 Å². The minimum Gasteiger partial charge on any atom is -0.486 e. The quantitative estimate of drug-likeness (QED) is 0.758. The second-order valence-electron chi connectivity index (χ2n) is 7.93. The Morgan fingerprint density at radius 3 is 2.41 bits per heavy atom. The van der Waals surface area contributed by atoms with E-state index < -0.39 is 11.7 Å². The minimum absolute atomic E-state index is 0.105. The van der Waals surface area contributed by atoms with Gasteiger partial charge in [-0.15, -0.1) is 0 Å². The number of halogens is 1. The third-order valence-electron chi connectivity index (χ3n) is 4.62. The lowest BCUT2D eigenvalue weighted by Gasteiger charge is -2.39. The molecule has 1 aliphatic heterocycles. The Kier molecular flexibility index (Phi) is 5.31. The molecule has 3 rings (SSSR count). The first kappa shape index (κ1) is 19.1. The molecule has 0 aliphatic carbocycles. The van der Waals surface area contributed by atoms with Crippen LogP contribution in [0.1, 0.15) is 31.9 Å². The maximum absolute atomic E-state index is 13.6. The number of Topliss-reactive ketones (excluding diaryl/α,β-unsaturated/α-hetero) is 1. The molecule has 2 aromatic carbocycles. The number of nitrogens with zero attached hydrogens (tertiary/aromatic N) is 1. The van der Waals surface area contributed by atoms with Crippen LogP contribution in [0.4, 0.5) is 4.39 Å². The fourth-order valence-electron chi connectivity index (χ4n) is 3.08. The predicted octanol–water partition coefficient (Wildman–Crippen LogP) is 3.52. The van der Waals surface area contributed by atoms with Gasteiger partial charge in [-0.2, -0.15) is 0 Å². The number of likely N-dealkylation sites (tertiary alicyclic amines) is 1. The topological polar surface area (TPSA) is 46.6 Å². The van der Waals surface area contributed by atoms with E-state index in [0.717, 1.165) is 11.1 Å². The number of ether oxygens (including phenoxy) is 1. The van der Waals surface area contributed by atoms with Crippen molar-refractivity contribution < 1.29 is 18.7 Å². The average Bonchev–Trinajstić information content (AvgIpc) is 2.58. The van der Waals surface area contributed by atoms with E-state index in [1.807, 2.05) is 51.1 Å². The lowest BCUT2D eigenvalue weighted by atomic mass is 9.86. The zero-order valence-corrected chi connectivity index (χ0v) is 15.9. The Balaban J connectivity index is 1.57. The van der Waals surface area contributed by atoms with Crippen LogP contribution in [0.2, 0.25) is 0 Å². The molecule has 1 saturated heterocycles. The highest BCUT2D eigenvalue weighted by molar-refractivity contribution is 6.36. The third-order valence-corrected chi connectivity index (χ3v) is 4.62. The summed E-state index contributed by atoms with van der Waals surface area (Å²) in [7, 11) is 0. The molecule has 0 spiro atoms. The summed E-state index contributed by atoms with van der Waals surface area (Å²) in [5.74, 6) is -0.577. The van der Waals surface area contributed by atoms with Crippen molar-refractivity contribution in [2.45, 2.75) is 38.7 Å². The Morgan fingerprint density at radius 2 is 1.78 bits per heavy atom. The van der Waals surface area contributed by atoms with Crippen LogP contribution < -0.4 is 4.74 Å². The summed E-state index contributed by atoms with van der Waals surface area (Å²) in [4.78, 5) is 25.9. The highest BCUT2D eigenvalue weighted by atomic mass is 19.1. The van der Waals surface area contributed by atoms with Gasteiger partial charge in [-0.3, -0.25) is 9.59 Å². The van der Waals surface area contributed by atoms with Gasteiger partial charge in [-0.05, 0) is 29.2 Å². The van der Waals surface area contributed by atoms with Crippen LogP contribution in [0.5, 0.6) is 5.75 Å². The fourth-order valence-corrected chi connectivity index (χ4v) is 3.08. The van der Waals surface area contributed by atoms with Crippen LogP contribution in [-0.4, -0.2) is 35.8 Å². The number of carbonyl (C=O) groups is 2. The van der Waals surface area contributed by atoms with Crippen molar-refractivity contribution in [2.75, 3.05) is 13.1 Å². The number of benzene rings is 2. The van der Waals surface area contributed by atoms with E-state index in [2.05, 4.69) is 0 Å². The summed E-state index contributed by atoms with van der Waals surface area (Å²) in [6.07, 6.45) is -0.0848. The van der Waals surface area contributed by atoms with E-state index in [-0.39, 0.29) is 23.8 Å². The standard InChI is InChI=1S/C22H24FNO3/c1-22(2,3)18-12-16(23)9-10-20(18)27-17-13-24(14-17)21(26)19(25)11-15-7-5-4-6-8-15/h4-10,12,17H,11,13-14H2,1-3H3. The van der Waals surface area contributed by atoms with Crippen molar-refractivity contribution in [3.63, 3.8) is 0 Å². The summed E-state index contributed by atoms with van der Waals surface area (Å²) in [5, 5.41) is 0. The molecule has 0 bridgehead atoms. The van der Waals surface area contributed by atoms with Crippen LogP contribution in [0.15, 0.2) is 48.5 Å². The van der Waals surface area contributed by atoms with Gasteiger partial charge < -0.3 is 9.64 Å². The highest BCUT2D eigenvalue weighted by Gasteiger charge is 2.36. The predicted molar refractivity (Wildman–Crippen MR) is 101 cm³/mol. The van der Waals surface area contributed by atoms with Crippen molar-refractivity contribution in [3.8, 4) is 5.75 Å². The van der Waals surface area contributed by atoms with Crippen LogP contribution in [0.25, 0.3) is 0 Å². The molecule has 2 aromatic rings. The first-order valence-corrected chi connectivity index (χ1v) is 9.07. The lowest BCUT2D eigenvalue weighted by Crippen LogP contribution is -2.58. The molecule has 1 amide bonds. The van der Waals surface area contributed by atoms with Gasteiger partial charge >= 0.3 is 0 Å². The van der Waals surface area contributed by atoms with E-state index >= 15 is 0 Å². The van der Waals surface area contributed by atoms with E-state index in [0.29, 0.717) is 18.8 Å². The zero-order chi connectivity index (χ0) is 19.6. The molecule has 0 radical (unpaired) electrons. The molecule has 0 atom stereocenters. The maximum atomic E-state index is 13.6. The smallest absolute Gasteiger partial charge is 0.290 e. The number of carbonyl (C=O) groups excluding carboxylic acids is 2. The van der Waals surface area contributed by atoms with Crippen molar-refractivity contribution >= 4 is 11.7 Å². The Morgan fingerprint density at radius 1 is 1.11 bits per heavy atom. The molecule has 142 valence electrons. The van der Waals surface area contributed by atoms with E-state index in [9.17, 15) is 14.0 Å². The normalized spacial score (nSPS) is 14.6. The monoisotopic (exact) mass is 369 g/mol. The molecule has 1 heterocycles. The summed E-state index contributed by atoms with van der Waals surface area (Å²) in [5.41, 5.74) is 1.35. The van der Waals surface area contributed by atoms with E-state index in [1.54, 1.807) is 6.07 Å². The molecule has 0 N–H and O–H groups in total. The number of ketones is 1. The van der Waals surface area contributed by atoms with Gasteiger partial charge in [0.25, 0.3) is 5.91 Å². The summed E-state index contributed by atoms with van der Waals surface area (Å²) in [6, 6.07) is 13.7. The fraction of sp³-hybridized carbons (Fsp3) is 0.364. The second kappa shape index (κ2) is 7.51. The van der Waals surface area contributed by atoms with Crippen molar-refractivity contribution in [1.82, 2.24) is 4.90 Å². The summed E-state index contributed by atoms with van der Waals surface area (Å²) >= 11 is 0. The van der Waals surface area contributed by atoms with Gasteiger partial charge in [-0.25, -0.2) is 4.39 Å².